The standard InChI is InChI=1S/C17H12ClF3N2S/c1-10-15(11-4-2-6-13(18)8-11)23-16(24-10)22-14-7-3-5-12(9-14)17(19,20)21/h2-9H,1H3,(H,22,23). The number of hydrogen-bond acceptors (Lipinski definition) is 3. The van der Waals surface area contributed by atoms with Crippen LogP contribution in [0.15, 0.2) is 48.5 Å². The number of aromatic nitrogens is 1. The Morgan fingerprint density at radius 2 is 1.83 bits per heavy atom. The van der Waals surface area contributed by atoms with E-state index >= 15 is 0 Å². The summed E-state index contributed by atoms with van der Waals surface area (Å²) < 4.78 is 38.3. The van der Waals surface area contributed by atoms with Gasteiger partial charge in [0.25, 0.3) is 0 Å². The van der Waals surface area contributed by atoms with Gasteiger partial charge in [-0.15, -0.1) is 11.3 Å². The number of nitrogens with one attached hydrogen (secondary N) is 1. The summed E-state index contributed by atoms with van der Waals surface area (Å²) in [6, 6.07) is 12.3. The second-order valence-corrected chi connectivity index (χ2v) is 6.78. The molecule has 0 aliphatic rings. The molecule has 0 radical (unpaired) electrons. The van der Waals surface area contributed by atoms with E-state index in [9.17, 15) is 13.2 Å². The van der Waals surface area contributed by atoms with E-state index in [1.165, 1.54) is 17.4 Å². The minimum absolute atomic E-state index is 0.344. The predicted octanol–water partition coefficient (Wildman–Crippen LogP) is 6.53. The number of aryl methyl sites for hydroxylation is 1. The average Bonchev–Trinajstić information content (AvgIpc) is 2.87. The Balaban J connectivity index is 1.89. The highest BCUT2D eigenvalue weighted by Crippen LogP contribution is 2.35. The maximum atomic E-state index is 12.8. The maximum absolute atomic E-state index is 12.8. The number of benzene rings is 2. The number of alkyl halides is 3. The summed E-state index contributed by atoms with van der Waals surface area (Å²) in [4.78, 5) is 5.43. The van der Waals surface area contributed by atoms with Crippen LogP contribution in [0.3, 0.4) is 0 Å². The highest BCUT2D eigenvalue weighted by Gasteiger charge is 2.30. The Morgan fingerprint density at radius 3 is 2.54 bits per heavy atom. The minimum atomic E-state index is -4.37. The summed E-state index contributed by atoms with van der Waals surface area (Å²) in [5.74, 6) is 0. The number of hydrogen-bond donors (Lipinski definition) is 1. The van der Waals surface area contributed by atoms with Crippen LogP contribution in [0.5, 0.6) is 0 Å². The summed E-state index contributed by atoms with van der Waals surface area (Å²) in [6.07, 6.45) is -4.37. The van der Waals surface area contributed by atoms with Crippen LogP contribution >= 0.6 is 22.9 Å². The molecule has 2 nitrogen and oxygen atoms in total. The van der Waals surface area contributed by atoms with Crippen molar-refractivity contribution < 1.29 is 13.2 Å². The van der Waals surface area contributed by atoms with E-state index in [1.807, 2.05) is 19.1 Å². The topological polar surface area (TPSA) is 24.9 Å². The van der Waals surface area contributed by atoms with Crippen molar-refractivity contribution in [1.82, 2.24) is 4.98 Å². The van der Waals surface area contributed by atoms with Gasteiger partial charge in [-0.2, -0.15) is 13.2 Å². The van der Waals surface area contributed by atoms with Gasteiger partial charge in [-0.1, -0.05) is 29.8 Å². The molecule has 0 bridgehead atoms. The molecule has 0 saturated heterocycles. The molecule has 124 valence electrons. The normalized spacial score (nSPS) is 11.5. The zero-order valence-electron chi connectivity index (χ0n) is 12.5. The van der Waals surface area contributed by atoms with Crippen LogP contribution in [0.1, 0.15) is 10.4 Å². The fraction of sp³-hybridized carbons (Fsp3) is 0.118. The summed E-state index contributed by atoms with van der Waals surface area (Å²) in [5, 5.41) is 4.07. The number of thiazole rings is 1. The molecule has 0 fully saturated rings. The Hall–Kier alpha value is -2.05. The molecule has 2 aromatic carbocycles. The third-order valence-corrected chi connectivity index (χ3v) is 4.46. The van der Waals surface area contributed by atoms with Crippen LogP contribution < -0.4 is 5.32 Å². The van der Waals surface area contributed by atoms with Crippen molar-refractivity contribution in [3.63, 3.8) is 0 Å². The summed E-state index contributed by atoms with van der Waals surface area (Å²) in [7, 11) is 0. The molecule has 3 rings (SSSR count). The van der Waals surface area contributed by atoms with Crippen molar-refractivity contribution in [3.05, 3.63) is 64.0 Å². The van der Waals surface area contributed by atoms with E-state index in [0.717, 1.165) is 28.3 Å². The zero-order chi connectivity index (χ0) is 17.3. The molecule has 0 unspecified atom stereocenters. The fourth-order valence-electron chi connectivity index (χ4n) is 2.25. The first-order valence-electron chi connectivity index (χ1n) is 7.00. The molecule has 1 N–H and O–H groups in total. The first kappa shape index (κ1) is 16.8. The highest BCUT2D eigenvalue weighted by molar-refractivity contribution is 7.16. The van der Waals surface area contributed by atoms with Crippen LogP contribution in [-0.4, -0.2) is 4.98 Å². The molecular weight excluding hydrogens is 357 g/mol. The highest BCUT2D eigenvalue weighted by atomic mass is 35.5. The van der Waals surface area contributed by atoms with Crippen LogP contribution in [0, 0.1) is 6.92 Å². The fourth-order valence-corrected chi connectivity index (χ4v) is 3.30. The molecule has 0 saturated carbocycles. The van der Waals surface area contributed by atoms with Crippen LogP contribution in [0.25, 0.3) is 11.3 Å². The lowest BCUT2D eigenvalue weighted by molar-refractivity contribution is -0.137. The second kappa shape index (κ2) is 6.45. The lowest BCUT2D eigenvalue weighted by Gasteiger charge is -2.08. The van der Waals surface area contributed by atoms with E-state index in [-0.39, 0.29) is 0 Å². The third-order valence-electron chi connectivity index (χ3n) is 3.34. The van der Waals surface area contributed by atoms with Crippen molar-refractivity contribution in [2.45, 2.75) is 13.1 Å². The van der Waals surface area contributed by atoms with Crippen LogP contribution in [-0.2, 0) is 6.18 Å². The Kier molecular flexibility index (Phi) is 4.51. The van der Waals surface area contributed by atoms with Crippen LogP contribution in [0.2, 0.25) is 5.02 Å². The van der Waals surface area contributed by atoms with Gasteiger partial charge in [0.15, 0.2) is 5.13 Å². The smallest absolute Gasteiger partial charge is 0.332 e. The number of nitrogens with zero attached hydrogens (tertiary/aromatic N) is 1. The summed E-state index contributed by atoms with van der Waals surface area (Å²) >= 11 is 7.37. The van der Waals surface area contributed by atoms with Crippen LogP contribution in [0.4, 0.5) is 24.0 Å². The molecule has 0 aliphatic heterocycles. The van der Waals surface area contributed by atoms with Crippen molar-refractivity contribution in [3.8, 4) is 11.3 Å². The SMILES string of the molecule is Cc1sc(Nc2cccc(C(F)(F)F)c2)nc1-c1cccc(Cl)c1. The van der Waals surface area contributed by atoms with E-state index in [4.69, 9.17) is 11.6 Å². The molecular formula is C17H12ClF3N2S. The minimum Gasteiger partial charge on any atom is -0.332 e. The number of anilines is 2. The molecule has 1 heterocycles. The molecule has 3 aromatic rings. The molecule has 0 amide bonds. The Labute approximate surface area is 145 Å². The molecule has 7 heteroatoms. The molecule has 0 spiro atoms. The molecule has 0 aliphatic carbocycles. The van der Waals surface area contributed by atoms with E-state index in [0.29, 0.717) is 15.8 Å². The lowest BCUT2D eigenvalue weighted by Crippen LogP contribution is -2.05. The van der Waals surface area contributed by atoms with E-state index < -0.39 is 11.7 Å². The monoisotopic (exact) mass is 368 g/mol. The van der Waals surface area contributed by atoms with E-state index in [1.54, 1.807) is 18.2 Å². The summed E-state index contributed by atoms with van der Waals surface area (Å²) in [5.41, 5.74) is 1.28. The largest absolute Gasteiger partial charge is 0.416 e. The first-order chi connectivity index (χ1) is 11.3. The number of rotatable bonds is 3. The van der Waals surface area contributed by atoms with Gasteiger partial charge in [0.2, 0.25) is 0 Å². The Morgan fingerprint density at radius 1 is 1.08 bits per heavy atom. The third kappa shape index (κ3) is 3.71. The van der Waals surface area contributed by atoms with Crippen molar-refractivity contribution >= 4 is 33.8 Å². The van der Waals surface area contributed by atoms with Gasteiger partial charge in [0.1, 0.15) is 0 Å². The first-order valence-corrected chi connectivity index (χ1v) is 8.20. The van der Waals surface area contributed by atoms with Gasteiger partial charge in [-0.05, 0) is 37.3 Å². The average molecular weight is 369 g/mol. The Bertz CT molecular complexity index is 874. The van der Waals surface area contributed by atoms with Gasteiger partial charge in [-0.25, -0.2) is 4.98 Å². The summed E-state index contributed by atoms with van der Waals surface area (Å²) in [6.45, 7) is 1.91. The van der Waals surface area contributed by atoms with Gasteiger partial charge in [-0.3, -0.25) is 0 Å². The van der Waals surface area contributed by atoms with Crippen molar-refractivity contribution in [2.24, 2.45) is 0 Å². The van der Waals surface area contributed by atoms with Gasteiger partial charge < -0.3 is 5.32 Å². The zero-order valence-corrected chi connectivity index (χ0v) is 14.1. The van der Waals surface area contributed by atoms with Gasteiger partial charge in [0.05, 0.1) is 11.3 Å². The molecule has 24 heavy (non-hydrogen) atoms. The lowest BCUT2D eigenvalue weighted by atomic mass is 10.1. The van der Waals surface area contributed by atoms with Crippen molar-refractivity contribution in [2.75, 3.05) is 5.32 Å². The molecule has 0 atom stereocenters. The molecule has 1 aromatic heterocycles. The van der Waals surface area contributed by atoms with Crippen molar-refractivity contribution in [1.29, 1.82) is 0 Å². The quantitative estimate of drug-likeness (QED) is 0.568. The predicted molar refractivity (Wildman–Crippen MR) is 92.0 cm³/mol. The van der Waals surface area contributed by atoms with Gasteiger partial charge >= 0.3 is 6.18 Å². The van der Waals surface area contributed by atoms with Gasteiger partial charge in [0, 0.05) is 21.2 Å². The van der Waals surface area contributed by atoms with E-state index in [2.05, 4.69) is 10.3 Å². The number of halogens is 4. The second-order valence-electron chi connectivity index (χ2n) is 5.14. The maximum Gasteiger partial charge on any atom is 0.416 e.